The predicted molar refractivity (Wildman–Crippen MR) is 124 cm³/mol. The summed E-state index contributed by atoms with van der Waals surface area (Å²) < 4.78 is 5.79. The second kappa shape index (κ2) is 8.25. The van der Waals surface area contributed by atoms with E-state index >= 15 is 0 Å². The van der Waals surface area contributed by atoms with Crippen molar-refractivity contribution in [1.29, 1.82) is 0 Å². The Morgan fingerprint density at radius 3 is 2.64 bits per heavy atom. The molecule has 0 bridgehead atoms. The molecule has 5 rings (SSSR count). The molecule has 0 saturated carbocycles. The zero-order chi connectivity index (χ0) is 23.1. The van der Waals surface area contributed by atoms with Crippen LogP contribution in [-0.2, 0) is 6.54 Å². The number of phenols is 2. The van der Waals surface area contributed by atoms with Gasteiger partial charge in [-0.15, -0.1) is 0 Å². The quantitative estimate of drug-likeness (QED) is 0.369. The number of methoxy groups -OCH3 is 1. The van der Waals surface area contributed by atoms with Gasteiger partial charge in [0.25, 0.3) is 5.91 Å². The van der Waals surface area contributed by atoms with Gasteiger partial charge in [-0.05, 0) is 63.5 Å². The molecule has 166 valence electrons. The third kappa shape index (κ3) is 3.50. The number of halogens is 1. The number of benzene rings is 2. The number of phenolic OH excluding ortho intramolecular Hbond substituents is 2. The number of rotatable bonds is 5. The van der Waals surface area contributed by atoms with Crippen molar-refractivity contribution in [3.05, 3.63) is 87.8 Å². The average Bonchev–Trinajstić information content (AvgIpc) is 3.36. The molecule has 2 aromatic heterocycles. The molecule has 1 atom stereocenters. The molecule has 2 aromatic carbocycles. The minimum Gasteiger partial charge on any atom is -0.507 e. The monoisotopic (exact) mass is 506 g/mol. The van der Waals surface area contributed by atoms with E-state index < -0.39 is 6.04 Å². The van der Waals surface area contributed by atoms with Gasteiger partial charge in [0.2, 0.25) is 0 Å². The highest BCUT2D eigenvalue weighted by Gasteiger charge is 2.43. The molecular formula is C24H19BrN4O4. The van der Waals surface area contributed by atoms with Crippen molar-refractivity contribution in [3.8, 4) is 28.5 Å². The highest BCUT2D eigenvalue weighted by molar-refractivity contribution is 9.10. The van der Waals surface area contributed by atoms with Crippen molar-refractivity contribution in [1.82, 2.24) is 20.1 Å². The van der Waals surface area contributed by atoms with Gasteiger partial charge in [0.05, 0.1) is 17.6 Å². The van der Waals surface area contributed by atoms with Crippen LogP contribution in [0.15, 0.2) is 65.4 Å². The summed E-state index contributed by atoms with van der Waals surface area (Å²) in [5.74, 6) is 0.0931. The van der Waals surface area contributed by atoms with Gasteiger partial charge < -0.3 is 19.8 Å². The molecule has 0 spiro atoms. The highest BCUT2D eigenvalue weighted by Crippen LogP contribution is 2.47. The topological polar surface area (TPSA) is 112 Å². The highest BCUT2D eigenvalue weighted by atomic mass is 79.9. The number of nitrogens with zero attached hydrogens (tertiary/aromatic N) is 3. The Hall–Kier alpha value is -3.85. The molecule has 1 aliphatic rings. The fraction of sp³-hybridized carbons (Fsp3) is 0.125. The summed E-state index contributed by atoms with van der Waals surface area (Å²) in [5.41, 5.74) is 3.64. The third-order valence-electron chi connectivity index (χ3n) is 5.71. The van der Waals surface area contributed by atoms with Crippen molar-refractivity contribution >= 4 is 21.8 Å². The lowest BCUT2D eigenvalue weighted by molar-refractivity contribution is 0.0729. The Bertz CT molecular complexity index is 1360. The number of nitrogens with one attached hydrogen (secondary N) is 1. The van der Waals surface area contributed by atoms with Gasteiger partial charge in [0.1, 0.15) is 17.1 Å². The Morgan fingerprint density at radius 1 is 1.15 bits per heavy atom. The number of aromatic hydroxyl groups is 2. The van der Waals surface area contributed by atoms with Gasteiger partial charge in [-0.2, -0.15) is 5.10 Å². The number of amides is 1. The second-order valence-electron chi connectivity index (χ2n) is 7.62. The summed E-state index contributed by atoms with van der Waals surface area (Å²) in [6.45, 7) is 0.329. The normalized spacial score (nSPS) is 15.0. The molecule has 1 unspecified atom stereocenters. The van der Waals surface area contributed by atoms with Crippen molar-refractivity contribution in [2.45, 2.75) is 12.6 Å². The van der Waals surface area contributed by atoms with E-state index in [1.165, 1.54) is 7.11 Å². The van der Waals surface area contributed by atoms with E-state index in [1.807, 2.05) is 12.1 Å². The molecule has 33 heavy (non-hydrogen) atoms. The summed E-state index contributed by atoms with van der Waals surface area (Å²) in [6.07, 6.45) is 3.36. The first-order valence-corrected chi connectivity index (χ1v) is 10.9. The first-order chi connectivity index (χ1) is 16.0. The van der Waals surface area contributed by atoms with Crippen LogP contribution >= 0.6 is 15.9 Å². The Morgan fingerprint density at radius 2 is 1.91 bits per heavy atom. The van der Waals surface area contributed by atoms with Crippen LogP contribution in [0.2, 0.25) is 0 Å². The Kier molecular flexibility index (Phi) is 5.26. The molecule has 8 nitrogen and oxygen atoms in total. The number of hydrogen-bond acceptors (Lipinski definition) is 6. The van der Waals surface area contributed by atoms with E-state index in [2.05, 4.69) is 31.1 Å². The fourth-order valence-electron chi connectivity index (χ4n) is 4.18. The Balaban J connectivity index is 1.71. The second-order valence-corrected chi connectivity index (χ2v) is 8.48. The standard InChI is InChI=1S/C24H19BrN4O4/c1-33-18-11-14(10-16(25)23(18)31)22-19-20(15-4-2-3-5-17(15)30)27-28-21(19)24(32)29(22)12-13-6-8-26-9-7-13/h2-11,22,30-31H,12H2,1H3,(H,27,28). The molecule has 4 aromatic rings. The fourth-order valence-corrected chi connectivity index (χ4v) is 4.64. The summed E-state index contributed by atoms with van der Waals surface area (Å²) in [4.78, 5) is 19.3. The summed E-state index contributed by atoms with van der Waals surface area (Å²) >= 11 is 3.39. The van der Waals surface area contributed by atoms with E-state index in [9.17, 15) is 15.0 Å². The van der Waals surface area contributed by atoms with Crippen molar-refractivity contribution < 1.29 is 19.7 Å². The SMILES string of the molecule is COc1cc(C2c3c(-c4ccccc4O)n[nH]c3C(=O)N2Cc2ccncc2)cc(Br)c1O. The number of H-pyrrole nitrogens is 1. The van der Waals surface area contributed by atoms with Gasteiger partial charge >= 0.3 is 0 Å². The van der Waals surface area contributed by atoms with Crippen LogP contribution in [0.1, 0.15) is 33.2 Å². The number of carbonyl (C=O) groups excluding carboxylic acids is 1. The molecule has 0 radical (unpaired) electrons. The lowest BCUT2D eigenvalue weighted by Gasteiger charge is -2.27. The zero-order valence-electron chi connectivity index (χ0n) is 17.5. The number of pyridine rings is 1. The molecule has 3 heterocycles. The summed E-state index contributed by atoms with van der Waals surface area (Å²) in [5, 5.41) is 28.1. The van der Waals surface area contributed by atoms with Crippen LogP contribution in [0, 0.1) is 0 Å². The minimum atomic E-state index is -0.542. The minimum absolute atomic E-state index is 0.0281. The zero-order valence-corrected chi connectivity index (χ0v) is 19.1. The first-order valence-electron chi connectivity index (χ1n) is 10.1. The van der Waals surface area contributed by atoms with Gasteiger partial charge in [-0.25, -0.2) is 0 Å². The van der Waals surface area contributed by atoms with Crippen LogP contribution in [0.5, 0.6) is 17.2 Å². The van der Waals surface area contributed by atoms with Gasteiger partial charge in [-0.3, -0.25) is 14.9 Å². The molecule has 0 fully saturated rings. The smallest absolute Gasteiger partial charge is 0.273 e. The molecule has 1 aliphatic heterocycles. The largest absolute Gasteiger partial charge is 0.507 e. The summed E-state index contributed by atoms with van der Waals surface area (Å²) in [6, 6.07) is 13.5. The van der Waals surface area contributed by atoms with Crippen LogP contribution < -0.4 is 4.74 Å². The van der Waals surface area contributed by atoms with Crippen LogP contribution in [0.25, 0.3) is 11.3 Å². The lowest BCUT2D eigenvalue weighted by Crippen LogP contribution is -2.29. The number of fused-ring (bicyclic) bond motifs is 1. The number of hydrogen-bond donors (Lipinski definition) is 3. The van der Waals surface area contributed by atoms with E-state index in [1.54, 1.807) is 53.7 Å². The van der Waals surface area contributed by atoms with E-state index in [4.69, 9.17) is 4.74 Å². The first kappa shape index (κ1) is 21.0. The number of aromatic amines is 1. The van der Waals surface area contributed by atoms with Crippen LogP contribution in [-0.4, -0.2) is 43.3 Å². The van der Waals surface area contributed by atoms with Crippen LogP contribution in [0.4, 0.5) is 0 Å². The van der Waals surface area contributed by atoms with Crippen molar-refractivity contribution in [2.24, 2.45) is 0 Å². The van der Waals surface area contributed by atoms with E-state index in [-0.39, 0.29) is 23.2 Å². The van der Waals surface area contributed by atoms with E-state index in [0.717, 1.165) is 11.1 Å². The lowest BCUT2D eigenvalue weighted by atomic mass is 9.95. The molecule has 0 aliphatic carbocycles. The van der Waals surface area contributed by atoms with E-state index in [0.29, 0.717) is 33.5 Å². The molecule has 3 N–H and O–H groups in total. The number of aromatic nitrogens is 3. The molecule has 9 heteroatoms. The Labute approximate surface area is 197 Å². The van der Waals surface area contributed by atoms with Gasteiger partial charge in [0, 0.05) is 30.1 Å². The molecular weight excluding hydrogens is 488 g/mol. The number of para-hydroxylation sites is 1. The van der Waals surface area contributed by atoms with Gasteiger partial charge in [-0.1, -0.05) is 12.1 Å². The number of ether oxygens (including phenoxy) is 1. The third-order valence-corrected chi connectivity index (χ3v) is 6.32. The van der Waals surface area contributed by atoms with Gasteiger partial charge in [0.15, 0.2) is 11.5 Å². The van der Waals surface area contributed by atoms with Crippen LogP contribution in [0.3, 0.4) is 0 Å². The summed E-state index contributed by atoms with van der Waals surface area (Å²) in [7, 11) is 1.47. The maximum atomic E-state index is 13.5. The average molecular weight is 507 g/mol. The number of carbonyl (C=O) groups is 1. The maximum Gasteiger partial charge on any atom is 0.273 e. The molecule has 1 amide bonds. The predicted octanol–water partition coefficient (Wildman–Crippen LogP) is 4.40. The maximum absolute atomic E-state index is 13.5. The van der Waals surface area contributed by atoms with Crippen molar-refractivity contribution in [3.63, 3.8) is 0 Å². The molecule has 0 saturated heterocycles. The van der Waals surface area contributed by atoms with Crippen molar-refractivity contribution in [2.75, 3.05) is 7.11 Å².